The molecule has 22 heavy (non-hydrogen) atoms. The van der Waals surface area contributed by atoms with Gasteiger partial charge in [0.1, 0.15) is 12.4 Å². The molecule has 0 aliphatic carbocycles. The Labute approximate surface area is 130 Å². The van der Waals surface area contributed by atoms with Crippen LogP contribution in [0, 0.1) is 5.92 Å². The molecule has 0 aromatic heterocycles. The second kappa shape index (κ2) is 8.38. The van der Waals surface area contributed by atoms with E-state index in [0.717, 1.165) is 25.9 Å². The maximum atomic E-state index is 11.9. The van der Waals surface area contributed by atoms with Gasteiger partial charge in [-0.2, -0.15) is 0 Å². The van der Waals surface area contributed by atoms with Gasteiger partial charge in [0.15, 0.2) is 0 Å². The quantitative estimate of drug-likeness (QED) is 0.689. The van der Waals surface area contributed by atoms with Crippen LogP contribution in [0.25, 0.3) is 0 Å². The van der Waals surface area contributed by atoms with Gasteiger partial charge in [0.25, 0.3) is 0 Å². The van der Waals surface area contributed by atoms with Crippen LogP contribution < -0.4 is 20.7 Å². The largest absolute Gasteiger partial charge is 0.492 e. The minimum atomic E-state index is -0.120. The molecule has 0 saturated carbocycles. The third kappa shape index (κ3) is 5.37. The first-order valence-corrected chi connectivity index (χ1v) is 7.64. The number of piperidine rings is 1. The zero-order chi connectivity index (χ0) is 15.8. The number of amides is 2. The first-order valence-electron chi connectivity index (χ1n) is 7.64. The van der Waals surface area contributed by atoms with Gasteiger partial charge in [-0.1, -0.05) is 6.07 Å². The van der Waals surface area contributed by atoms with Crippen molar-refractivity contribution < 1.29 is 14.3 Å². The molecule has 6 heteroatoms. The van der Waals surface area contributed by atoms with Crippen LogP contribution in [0.5, 0.6) is 5.75 Å². The fourth-order valence-electron chi connectivity index (χ4n) is 2.43. The van der Waals surface area contributed by atoms with Crippen LogP contribution in [-0.2, 0) is 9.59 Å². The highest BCUT2D eigenvalue weighted by atomic mass is 16.5. The SMILES string of the molecule is CC(=O)Nc1cccc(OCCNC(=O)C2CCCNC2)c1. The summed E-state index contributed by atoms with van der Waals surface area (Å²) in [5.74, 6) is 0.699. The molecule has 1 saturated heterocycles. The zero-order valence-electron chi connectivity index (χ0n) is 12.9. The van der Waals surface area contributed by atoms with E-state index in [2.05, 4.69) is 16.0 Å². The number of rotatable bonds is 6. The predicted molar refractivity (Wildman–Crippen MR) is 84.8 cm³/mol. The molecule has 1 fully saturated rings. The maximum absolute atomic E-state index is 11.9. The average Bonchev–Trinajstić information content (AvgIpc) is 2.52. The Hall–Kier alpha value is -2.08. The van der Waals surface area contributed by atoms with Crippen LogP contribution >= 0.6 is 0 Å². The summed E-state index contributed by atoms with van der Waals surface area (Å²) in [5.41, 5.74) is 0.697. The second-order valence-corrected chi connectivity index (χ2v) is 5.39. The summed E-state index contributed by atoms with van der Waals surface area (Å²) >= 11 is 0. The van der Waals surface area contributed by atoms with Crippen LogP contribution in [0.3, 0.4) is 0 Å². The van der Waals surface area contributed by atoms with Crippen molar-refractivity contribution in [3.63, 3.8) is 0 Å². The number of anilines is 1. The summed E-state index contributed by atoms with van der Waals surface area (Å²) in [5, 5.41) is 8.82. The monoisotopic (exact) mass is 305 g/mol. The van der Waals surface area contributed by atoms with Gasteiger partial charge >= 0.3 is 0 Å². The van der Waals surface area contributed by atoms with E-state index in [-0.39, 0.29) is 17.7 Å². The Kier molecular flexibility index (Phi) is 6.21. The van der Waals surface area contributed by atoms with Crippen LogP contribution in [-0.4, -0.2) is 38.1 Å². The van der Waals surface area contributed by atoms with Crippen molar-refractivity contribution in [3.05, 3.63) is 24.3 Å². The number of hydrogen-bond acceptors (Lipinski definition) is 4. The Bertz CT molecular complexity index is 513. The third-order valence-corrected chi connectivity index (χ3v) is 3.49. The Morgan fingerprint density at radius 2 is 2.27 bits per heavy atom. The summed E-state index contributed by atoms with van der Waals surface area (Å²) in [4.78, 5) is 22.9. The smallest absolute Gasteiger partial charge is 0.224 e. The van der Waals surface area contributed by atoms with Crippen molar-refractivity contribution in [1.82, 2.24) is 10.6 Å². The molecule has 120 valence electrons. The third-order valence-electron chi connectivity index (χ3n) is 3.49. The molecular formula is C16H23N3O3. The van der Waals surface area contributed by atoms with Gasteiger partial charge in [0.2, 0.25) is 11.8 Å². The Morgan fingerprint density at radius 3 is 3.00 bits per heavy atom. The van der Waals surface area contributed by atoms with Gasteiger partial charge in [0.05, 0.1) is 12.5 Å². The Balaban J connectivity index is 1.69. The lowest BCUT2D eigenvalue weighted by molar-refractivity contribution is -0.125. The average molecular weight is 305 g/mol. The molecule has 1 aromatic rings. The molecule has 2 rings (SSSR count). The summed E-state index contributed by atoms with van der Waals surface area (Å²) in [6.45, 7) is 4.08. The molecular weight excluding hydrogens is 282 g/mol. The van der Waals surface area contributed by atoms with E-state index >= 15 is 0 Å². The highest BCUT2D eigenvalue weighted by molar-refractivity contribution is 5.88. The van der Waals surface area contributed by atoms with Crippen LogP contribution in [0.4, 0.5) is 5.69 Å². The standard InChI is InChI=1S/C16H23N3O3/c1-12(20)19-14-5-2-6-15(10-14)22-9-8-18-16(21)13-4-3-7-17-11-13/h2,5-6,10,13,17H,3-4,7-9,11H2,1H3,(H,18,21)(H,19,20). The lowest BCUT2D eigenvalue weighted by Crippen LogP contribution is -2.41. The molecule has 3 N–H and O–H groups in total. The summed E-state index contributed by atoms with van der Waals surface area (Å²) in [6, 6.07) is 7.19. The molecule has 1 atom stereocenters. The number of benzene rings is 1. The highest BCUT2D eigenvalue weighted by Crippen LogP contribution is 2.17. The Morgan fingerprint density at radius 1 is 1.41 bits per heavy atom. The number of ether oxygens (including phenoxy) is 1. The van der Waals surface area contributed by atoms with Crippen molar-refractivity contribution in [2.45, 2.75) is 19.8 Å². The minimum absolute atomic E-state index is 0.0665. The fourth-order valence-corrected chi connectivity index (χ4v) is 2.43. The molecule has 1 aromatic carbocycles. The van der Waals surface area contributed by atoms with Crippen molar-refractivity contribution in [3.8, 4) is 5.75 Å². The van der Waals surface area contributed by atoms with E-state index in [4.69, 9.17) is 4.74 Å². The van der Waals surface area contributed by atoms with Gasteiger partial charge in [-0.05, 0) is 31.5 Å². The second-order valence-electron chi connectivity index (χ2n) is 5.39. The van der Waals surface area contributed by atoms with Gasteiger partial charge in [0, 0.05) is 25.2 Å². The molecule has 0 spiro atoms. The van der Waals surface area contributed by atoms with Crippen molar-refractivity contribution in [2.24, 2.45) is 5.92 Å². The zero-order valence-corrected chi connectivity index (χ0v) is 12.9. The fraction of sp³-hybridized carbons (Fsp3) is 0.500. The van der Waals surface area contributed by atoms with Gasteiger partial charge in [-0.15, -0.1) is 0 Å². The molecule has 1 aliphatic heterocycles. The molecule has 1 unspecified atom stereocenters. The van der Waals surface area contributed by atoms with E-state index in [1.807, 2.05) is 12.1 Å². The summed E-state index contributed by atoms with van der Waals surface area (Å²) in [7, 11) is 0. The minimum Gasteiger partial charge on any atom is -0.492 e. The number of carbonyl (C=O) groups excluding carboxylic acids is 2. The van der Waals surface area contributed by atoms with Crippen LogP contribution in [0.2, 0.25) is 0 Å². The van der Waals surface area contributed by atoms with Crippen LogP contribution in [0.1, 0.15) is 19.8 Å². The lowest BCUT2D eigenvalue weighted by Gasteiger charge is -2.21. The molecule has 6 nitrogen and oxygen atoms in total. The van der Waals surface area contributed by atoms with Crippen molar-refractivity contribution in [2.75, 3.05) is 31.6 Å². The van der Waals surface area contributed by atoms with Gasteiger partial charge < -0.3 is 20.7 Å². The highest BCUT2D eigenvalue weighted by Gasteiger charge is 2.20. The van der Waals surface area contributed by atoms with Crippen LogP contribution in [0.15, 0.2) is 24.3 Å². The normalized spacial score (nSPS) is 17.6. The van der Waals surface area contributed by atoms with E-state index in [1.54, 1.807) is 12.1 Å². The molecule has 1 aliphatic rings. The molecule has 0 radical (unpaired) electrons. The summed E-state index contributed by atoms with van der Waals surface area (Å²) in [6.07, 6.45) is 1.99. The molecule has 1 heterocycles. The maximum Gasteiger partial charge on any atom is 0.224 e. The molecule has 0 bridgehead atoms. The first kappa shape index (κ1) is 16.3. The van der Waals surface area contributed by atoms with E-state index in [1.165, 1.54) is 6.92 Å². The van der Waals surface area contributed by atoms with Gasteiger partial charge in [-0.3, -0.25) is 9.59 Å². The van der Waals surface area contributed by atoms with Crippen molar-refractivity contribution in [1.29, 1.82) is 0 Å². The topological polar surface area (TPSA) is 79.5 Å². The number of hydrogen-bond donors (Lipinski definition) is 3. The summed E-state index contributed by atoms with van der Waals surface area (Å²) < 4.78 is 5.58. The number of nitrogens with one attached hydrogen (secondary N) is 3. The van der Waals surface area contributed by atoms with Gasteiger partial charge in [-0.25, -0.2) is 0 Å². The molecule has 2 amide bonds. The first-order chi connectivity index (χ1) is 10.6. The predicted octanol–water partition coefficient (Wildman–Crippen LogP) is 1.14. The van der Waals surface area contributed by atoms with E-state index < -0.39 is 0 Å². The number of carbonyl (C=O) groups is 2. The lowest BCUT2D eigenvalue weighted by atomic mass is 9.99. The van der Waals surface area contributed by atoms with Crippen molar-refractivity contribution >= 4 is 17.5 Å². The van der Waals surface area contributed by atoms with E-state index in [0.29, 0.717) is 24.6 Å². The van der Waals surface area contributed by atoms with E-state index in [9.17, 15) is 9.59 Å².